The molecule has 0 aliphatic heterocycles. The summed E-state index contributed by atoms with van der Waals surface area (Å²) in [5.74, 6) is 0. The zero-order valence-electron chi connectivity index (χ0n) is 5.69. The van der Waals surface area contributed by atoms with Gasteiger partial charge in [0.15, 0.2) is 0 Å². The number of hydrogen-bond donors (Lipinski definition) is 2. The van der Waals surface area contributed by atoms with Crippen LogP contribution in [0, 0.1) is 6.92 Å². The number of halogens is 1. The highest BCUT2D eigenvalue weighted by Crippen LogP contribution is 2.26. The maximum atomic E-state index is 5.66. The predicted molar refractivity (Wildman–Crippen MR) is 47.7 cm³/mol. The van der Waals surface area contributed by atoms with E-state index in [4.69, 9.17) is 11.5 Å². The summed E-state index contributed by atoms with van der Waals surface area (Å²) in [4.78, 5) is 0. The van der Waals surface area contributed by atoms with Crippen LogP contribution in [0.3, 0.4) is 0 Å². The lowest BCUT2D eigenvalue weighted by atomic mass is 10.2. The molecule has 0 amide bonds. The van der Waals surface area contributed by atoms with Crippen molar-refractivity contribution in [3.8, 4) is 0 Å². The number of rotatable bonds is 0. The van der Waals surface area contributed by atoms with Gasteiger partial charge in [0, 0.05) is 10.2 Å². The Morgan fingerprint density at radius 1 is 1.30 bits per heavy atom. The molecule has 0 heterocycles. The van der Waals surface area contributed by atoms with Crippen molar-refractivity contribution in [1.29, 1.82) is 0 Å². The lowest BCUT2D eigenvalue weighted by molar-refractivity contribution is 1.45. The Hall–Kier alpha value is -0.700. The number of benzene rings is 1. The fourth-order valence-electron chi connectivity index (χ4n) is 0.712. The van der Waals surface area contributed by atoms with Crippen molar-refractivity contribution in [3.05, 3.63) is 22.2 Å². The first-order valence-electron chi connectivity index (χ1n) is 2.93. The van der Waals surface area contributed by atoms with Crippen LogP contribution >= 0.6 is 15.9 Å². The molecule has 0 bridgehead atoms. The normalized spacial score (nSPS) is 9.80. The average molecular weight is 201 g/mol. The minimum absolute atomic E-state index is 0.722. The summed E-state index contributed by atoms with van der Waals surface area (Å²) >= 11 is 3.30. The van der Waals surface area contributed by atoms with Gasteiger partial charge in [-0.25, -0.2) is 0 Å². The standard InChI is InChI=1S/C7H9BrN2/c1-4-6(9)3-2-5(8)7(4)10/h2-3H,9-10H2,1H3. The molecule has 0 saturated heterocycles. The third-order valence-electron chi connectivity index (χ3n) is 1.50. The molecular formula is C7H9BrN2. The van der Waals surface area contributed by atoms with Crippen molar-refractivity contribution in [1.82, 2.24) is 0 Å². The molecular weight excluding hydrogens is 192 g/mol. The van der Waals surface area contributed by atoms with Crippen molar-refractivity contribution < 1.29 is 0 Å². The lowest BCUT2D eigenvalue weighted by Crippen LogP contribution is -1.95. The van der Waals surface area contributed by atoms with Gasteiger partial charge in [-0.2, -0.15) is 0 Å². The van der Waals surface area contributed by atoms with Gasteiger partial charge in [-0.15, -0.1) is 0 Å². The Bertz CT molecular complexity index is 231. The van der Waals surface area contributed by atoms with Gasteiger partial charge in [0.2, 0.25) is 0 Å². The molecule has 0 saturated carbocycles. The largest absolute Gasteiger partial charge is 0.398 e. The van der Waals surface area contributed by atoms with Gasteiger partial charge >= 0.3 is 0 Å². The first kappa shape index (κ1) is 7.41. The SMILES string of the molecule is Cc1c(N)ccc(Br)c1N. The summed E-state index contributed by atoms with van der Waals surface area (Å²) in [5, 5.41) is 0. The molecule has 3 heteroatoms. The van der Waals surface area contributed by atoms with E-state index in [0.29, 0.717) is 0 Å². The fourth-order valence-corrected chi connectivity index (χ4v) is 1.14. The molecule has 0 unspecified atom stereocenters. The molecule has 54 valence electrons. The second-order valence-corrected chi connectivity index (χ2v) is 3.03. The van der Waals surface area contributed by atoms with Crippen LogP contribution in [0.15, 0.2) is 16.6 Å². The Morgan fingerprint density at radius 2 is 1.90 bits per heavy atom. The second-order valence-electron chi connectivity index (χ2n) is 2.18. The quantitative estimate of drug-likeness (QED) is 0.630. The van der Waals surface area contributed by atoms with E-state index in [0.717, 1.165) is 21.4 Å². The highest BCUT2D eigenvalue weighted by atomic mass is 79.9. The summed E-state index contributed by atoms with van der Waals surface area (Å²) in [6, 6.07) is 3.67. The Morgan fingerprint density at radius 3 is 2.40 bits per heavy atom. The van der Waals surface area contributed by atoms with Crippen molar-refractivity contribution in [2.75, 3.05) is 11.5 Å². The van der Waals surface area contributed by atoms with Gasteiger partial charge in [-0.05, 0) is 40.5 Å². The molecule has 0 atom stereocenters. The molecule has 4 N–H and O–H groups in total. The molecule has 0 radical (unpaired) electrons. The van der Waals surface area contributed by atoms with Crippen molar-refractivity contribution in [2.24, 2.45) is 0 Å². The molecule has 1 rings (SSSR count). The van der Waals surface area contributed by atoms with E-state index in [2.05, 4.69) is 15.9 Å². The maximum absolute atomic E-state index is 5.66. The lowest BCUT2D eigenvalue weighted by Gasteiger charge is -2.04. The maximum Gasteiger partial charge on any atom is 0.0508 e. The molecule has 1 aromatic rings. The minimum atomic E-state index is 0.722. The zero-order valence-corrected chi connectivity index (χ0v) is 7.27. The van der Waals surface area contributed by atoms with Gasteiger partial charge < -0.3 is 11.5 Å². The smallest absolute Gasteiger partial charge is 0.0508 e. The summed E-state index contributed by atoms with van der Waals surface area (Å²) in [6.07, 6.45) is 0. The Kier molecular flexibility index (Phi) is 1.85. The summed E-state index contributed by atoms with van der Waals surface area (Å²) < 4.78 is 0.902. The van der Waals surface area contributed by atoms with E-state index in [9.17, 15) is 0 Å². The molecule has 0 aromatic heterocycles. The average Bonchev–Trinajstić information content (AvgIpc) is 1.93. The van der Waals surface area contributed by atoms with Crippen molar-refractivity contribution >= 4 is 27.3 Å². The number of nitrogens with two attached hydrogens (primary N) is 2. The summed E-state index contributed by atoms with van der Waals surface area (Å²) in [5.41, 5.74) is 13.6. The van der Waals surface area contributed by atoms with Crippen LogP contribution in [0.25, 0.3) is 0 Å². The monoisotopic (exact) mass is 200 g/mol. The van der Waals surface area contributed by atoms with Crippen LogP contribution in [0.5, 0.6) is 0 Å². The van der Waals surface area contributed by atoms with Crippen LogP contribution in [0.1, 0.15) is 5.56 Å². The van der Waals surface area contributed by atoms with Crippen LogP contribution in [-0.4, -0.2) is 0 Å². The van der Waals surface area contributed by atoms with E-state index in [1.807, 2.05) is 19.1 Å². The van der Waals surface area contributed by atoms with Crippen LogP contribution in [0.4, 0.5) is 11.4 Å². The van der Waals surface area contributed by atoms with Gasteiger partial charge in [0.1, 0.15) is 0 Å². The Balaban J connectivity index is 3.34. The molecule has 10 heavy (non-hydrogen) atoms. The third-order valence-corrected chi connectivity index (χ3v) is 2.20. The van der Waals surface area contributed by atoms with E-state index < -0.39 is 0 Å². The summed E-state index contributed by atoms with van der Waals surface area (Å²) in [6.45, 7) is 1.90. The van der Waals surface area contributed by atoms with Crippen LogP contribution in [-0.2, 0) is 0 Å². The predicted octanol–water partition coefficient (Wildman–Crippen LogP) is 1.92. The van der Waals surface area contributed by atoms with E-state index in [1.165, 1.54) is 0 Å². The first-order chi connectivity index (χ1) is 4.63. The zero-order chi connectivity index (χ0) is 7.72. The molecule has 1 aromatic carbocycles. The highest BCUT2D eigenvalue weighted by molar-refractivity contribution is 9.10. The van der Waals surface area contributed by atoms with E-state index >= 15 is 0 Å². The number of hydrogen-bond acceptors (Lipinski definition) is 2. The highest BCUT2D eigenvalue weighted by Gasteiger charge is 2.00. The number of anilines is 2. The Labute approximate surface area is 68.3 Å². The van der Waals surface area contributed by atoms with Crippen LogP contribution in [0.2, 0.25) is 0 Å². The molecule has 0 spiro atoms. The first-order valence-corrected chi connectivity index (χ1v) is 3.72. The van der Waals surface area contributed by atoms with Gasteiger partial charge in [-0.3, -0.25) is 0 Å². The second kappa shape index (κ2) is 2.50. The molecule has 0 fully saturated rings. The number of nitrogen functional groups attached to an aromatic ring is 2. The summed E-state index contributed by atoms with van der Waals surface area (Å²) in [7, 11) is 0. The van der Waals surface area contributed by atoms with Gasteiger partial charge in [0.25, 0.3) is 0 Å². The molecule has 0 aliphatic carbocycles. The molecule has 0 aliphatic rings. The van der Waals surface area contributed by atoms with Crippen LogP contribution < -0.4 is 11.5 Å². The topological polar surface area (TPSA) is 52.0 Å². The van der Waals surface area contributed by atoms with E-state index in [1.54, 1.807) is 0 Å². The van der Waals surface area contributed by atoms with Crippen molar-refractivity contribution in [2.45, 2.75) is 6.92 Å². The fraction of sp³-hybridized carbons (Fsp3) is 0.143. The van der Waals surface area contributed by atoms with Crippen molar-refractivity contribution in [3.63, 3.8) is 0 Å². The minimum Gasteiger partial charge on any atom is -0.398 e. The third kappa shape index (κ3) is 1.09. The van der Waals surface area contributed by atoms with Gasteiger partial charge in [-0.1, -0.05) is 0 Å². The van der Waals surface area contributed by atoms with Gasteiger partial charge in [0.05, 0.1) is 5.69 Å². The molecule has 2 nitrogen and oxygen atoms in total. The van der Waals surface area contributed by atoms with E-state index in [-0.39, 0.29) is 0 Å².